The van der Waals surface area contributed by atoms with E-state index >= 15 is 0 Å². The molecule has 0 aliphatic heterocycles. The molecule has 1 rings (SSSR count). The summed E-state index contributed by atoms with van der Waals surface area (Å²) >= 11 is 7.54. The molecule has 1 aromatic carbocycles. The molecule has 0 heterocycles. The van der Waals surface area contributed by atoms with Crippen molar-refractivity contribution in [3.05, 3.63) is 29.3 Å². The molecule has 0 aromatic heterocycles. The summed E-state index contributed by atoms with van der Waals surface area (Å²) < 4.78 is 0. The summed E-state index contributed by atoms with van der Waals surface area (Å²) in [4.78, 5) is 14.1. The van der Waals surface area contributed by atoms with E-state index in [4.69, 9.17) is 11.6 Å². The van der Waals surface area contributed by atoms with Crippen molar-refractivity contribution in [1.29, 1.82) is 0 Å². The number of thioether (sulfide) groups is 1. The van der Waals surface area contributed by atoms with Crippen LogP contribution in [0.5, 0.6) is 0 Å². The largest absolute Gasteiger partial charge is 0.349 e. The second-order valence-corrected chi connectivity index (χ2v) is 5.30. The average molecular weight is 258 g/mol. The van der Waals surface area contributed by atoms with Gasteiger partial charge in [-0.3, -0.25) is 4.79 Å². The van der Waals surface area contributed by atoms with Gasteiger partial charge < -0.3 is 4.90 Å². The molecule has 4 heteroatoms. The van der Waals surface area contributed by atoms with E-state index in [1.165, 1.54) is 4.90 Å². The van der Waals surface area contributed by atoms with E-state index in [0.717, 1.165) is 17.2 Å². The maximum atomic E-state index is 11.3. The van der Waals surface area contributed by atoms with Crippen LogP contribution < -0.4 is 0 Å². The van der Waals surface area contributed by atoms with Gasteiger partial charge in [-0.15, -0.1) is 11.8 Å². The monoisotopic (exact) mass is 257 g/mol. The molecular weight excluding hydrogens is 242 g/mol. The van der Waals surface area contributed by atoms with E-state index in [0.29, 0.717) is 6.42 Å². The Morgan fingerprint density at radius 3 is 2.50 bits per heavy atom. The molecule has 88 valence electrons. The normalized spacial score (nSPS) is 10.2. The van der Waals surface area contributed by atoms with Crippen molar-refractivity contribution >= 4 is 29.3 Å². The van der Waals surface area contributed by atoms with Crippen LogP contribution in [-0.4, -0.2) is 30.7 Å². The minimum absolute atomic E-state index is 0.191. The van der Waals surface area contributed by atoms with E-state index in [1.54, 1.807) is 30.8 Å². The Labute approximate surface area is 106 Å². The molecule has 0 unspecified atom stereocenters. The van der Waals surface area contributed by atoms with Crippen molar-refractivity contribution in [3.8, 4) is 0 Å². The number of halogens is 1. The summed E-state index contributed by atoms with van der Waals surface area (Å²) in [6.45, 7) is 0. The Bertz CT molecular complexity index is 337. The zero-order chi connectivity index (χ0) is 12.0. The third-order valence-electron chi connectivity index (χ3n) is 2.12. The van der Waals surface area contributed by atoms with Gasteiger partial charge >= 0.3 is 0 Å². The summed E-state index contributed by atoms with van der Waals surface area (Å²) in [6, 6.07) is 7.77. The van der Waals surface area contributed by atoms with E-state index in [1.807, 2.05) is 24.3 Å². The van der Waals surface area contributed by atoms with Crippen LogP contribution in [0.2, 0.25) is 5.02 Å². The highest BCUT2D eigenvalue weighted by atomic mass is 35.5. The van der Waals surface area contributed by atoms with Crippen molar-refractivity contribution < 1.29 is 4.79 Å². The van der Waals surface area contributed by atoms with Gasteiger partial charge in [0.05, 0.1) is 0 Å². The van der Waals surface area contributed by atoms with E-state index in [9.17, 15) is 4.79 Å². The molecule has 2 nitrogen and oxygen atoms in total. The van der Waals surface area contributed by atoms with Crippen molar-refractivity contribution in [1.82, 2.24) is 4.90 Å². The first-order valence-electron chi connectivity index (χ1n) is 5.18. The number of nitrogens with zero attached hydrogens (tertiary/aromatic N) is 1. The minimum atomic E-state index is 0.191. The highest BCUT2D eigenvalue weighted by molar-refractivity contribution is 7.99. The van der Waals surface area contributed by atoms with Crippen LogP contribution in [0.4, 0.5) is 0 Å². The predicted octanol–water partition coefficient (Wildman–Crippen LogP) is 3.30. The minimum Gasteiger partial charge on any atom is -0.349 e. The first kappa shape index (κ1) is 13.4. The number of carbonyl (C=O) groups excluding carboxylic acids is 1. The molecular formula is C12H16ClNOS. The quantitative estimate of drug-likeness (QED) is 0.596. The predicted molar refractivity (Wildman–Crippen MR) is 70.1 cm³/mol. The molecule has 0 fully saturated rings. The van der Waals surface area contributed by atoms with Gasteiger partial charge in [-0.2, -0.15) is 0 Å². The summed E-state index contributed by atoms with van der Waals surface area (Å²) in [7, 11) is 3.57. The fraction of sp³-hybridized carbons (Fsp3) is 0.417. The molecule has 16 heavy (non-hydrogen) atoms. The van der Waals surface area contributed by atoms with Crippen molar-refractivity contribution in [3.63, 3.8) is 0 Å². The smallest absolute Gasteiger partial charge is 0.222 e. The van der Waals surface area contributed by atoms with Crippen LogP contribution in [0.25, 0.3) is 0 Å². The van der Waals surface area contributed by atoms with Gasteiger partial charge in [0.2, 0.25) is 5.91 Å². The second kappa shape index (κ2) is 6.81. The zero-order valence-corrected chi connectivity index (χ0v) is 11.1. The van der Waals surface area contributed by atoms with Gasteiger partial charge in [0, 0.05) is 30.4 Å². The van der Waals surface area contributed by atoms with E-state index in [2.05, 4.69) is 0 Å². The lowest BCUT2D eigenvalue weighted by Crippen LogP contribution is -2.21. The number of amides is 1. The fourth-order valence-electron chi connectivity index (χ4n) is 1.17. The van der Waals surface area contributed by atoms with Gasteiger partial charge in [0.1, 0.15) is 0 Å². The highest BCUT2D eigenvalue weighted by Gasteiger charge is 2.03. The highest BCUT2D eigenvalue weighted by Crippen LogP contribution is 2.21. The summed E-state index contributed by atoms with van der Waals surface area (Å²) in [5.41, 5.74) is 0. The fourth-order valence-corrected chi connectivity index (χ4v) is 2.15. The Balaban J connectivity index is 2.21. The molecule has 1 amide bonds. The van der Waals surface area contributed by atoms with Crippen LogP contribution in [0.3, 0.4) is 0 Å². The lowest BCUT2D eigenvalue weighted by molar-refractivity contribution is -0.128. The lowest BCUT2D eigenvalue weighted by atomic mass is 10.3. The topological polar surface area (TPSA) is 20.3 Å². The maximum absolute atomic E-state index is 11.3. The van der Waals surface area contributed by atoms with E-state index < -0.39 is 0 Å². The lowest BCUT2D eigenvalue weighted by Gasteiger charge is -2.09. The van der Waals surface area contributed by atoms with Gasteiger partial charge in [-0.25, -0.2) is 0 Å². The van der Waals surface area contributed by atoms with Gasteiger partial charge in [0.15, 0.2) is 0 Å². The third-order valence-corrected chi connectivity index (χ3v) is 3.47. The Morgan fingerprint density at radius 1 is 1.31 bits per heavy atom. The van der Waals surface area contributed by atoms with Crippen molar-refractivity contribution in [2.24, 2.45) is 0 Å². The van der Waals surface area contributed by atoms with Crippen LogP contribution in [0, 0.1) is 0 Å². The average Bonchev–Trinajstić information content (AvgIpc) is 2.26. The van der Waals surface area contributed by atoms with Crippen LogP contribution >= 0.6 is 23.4 Å². The van der Waals surface area contributed by atoms with E-state index in [-0.39, 0.29) is 5.91 Å². The molecule has 1 aromatic rings. The van der Waals surface area contributed by atoms with Crippen molar-refractivity contribution in [2.45, 2.75) is 17.7 Å². The number of rotatable bonds is 5. The third kappa shape index (κ3) is 4.90. The summed E-state index contributed by atoms with van der Waals surface area (Å²) in [5.74, 6) is 1.15. The van der Waals surface area contributed by atoms with Gasteiger partial charge in [-0.05, 0) is 36.4 Å². The molecule has 0 aliphatic carbocycles. The van der Waals surface area contributed by atoms with Crippen LogP contribution in [0.1, 0.15) is 12.8 Å². The first-order chi connectivity index (χ1) is 7.59. The molecule has 0 saturated carbocycles. The molecule has 0 bridgehead atoms. The van der Waals surface area contributed by atoms with Gasteiger partial charge in [0.25, 0.3) is 0 Å². The molecule has 0 radical (unpaired) electrons. The Hall–Kier alpha value is -0.670. The number of benzene rings is 1. The number of hydrogen-bond acceptors (Lipinski definition) is 2. The van der Waals surface area contributed by atoms with Gasteiger partial charge in [-0.1, -0.05) is 11.6 Å². The molecule has 0 saturated heterocycles. The molecule has 0 atom stereocenters. The number of hydrogen-bond donors (Lipinski definition) is 0. The molecule has 0 spiro atoms. The zero-order valence-electron chi connectivity index (χ0n) is 9.57. The van der Waals surface area contributed by atoms with Crippen LogP contribution in [-0.2, 0) is 4.79 Å². The van der Waals surface area contributed by atoms with Crippen molar-refractivity contribution in [2.75, 3.05) is 19.8 Å². The summed E-state index contributed by atoms with van der Waals surface area (Å²) in [6.07, 6.45) is 1.53. The second-order valence-electron chi connectivity index (χ2n) is 3.69. The molecule has 0 N–H and O–H groups in total. The number of carbonyl (C=O) groups is 1. The maximum Gasteiger partial charge on any atom is 0.222 e. The van der Waals surface area contributed by atoms with Crippen LogP contribution in [0.15, 0.2) is 29.2 Å². The Morgan fingerprint density at radius 2 is 1.94 bits per heavy atom. The SMILES string of the molecule is CN(C)C(=O)CCCSc1ccc(Cl)cc1. The summed E-state index contributed by atoms with van der Waals surface area (Å²) in [5, 5.41) is 0.757. The Kier molecular flexibility index (Phi) is 5.71. The standard InChI is InChI=1S/C12H16ClNOS/c1-14(2)12(15)4-3-9-16-11-7-5-10(13)6-8-11/h5-8H,3-4,9H2,1-2H3. The first-order valence-corrected chi connectivity index (χ1v) is 6.54. The molecule has 0 aliphatic rings.